The minimum atomic E-state index is 0. The molecule has 1 heterocycles. The Morgan fingerprint density at radius 1 is 1.04 bits per heavy atom. The van der Waals surface area contributed by atoms with E-state index in [0.717, 1.165) is 11.3 Å². The van der Waals surface area contributed by atoms with Crippen LogP contribution >= 0.6 is 47.2 Å². The third-order valence-corrected chi connectivity index (χ3v) is 4.95. The molecule has 2 rings (SSSR count). The highest BCUT2D eigenvalue weighted by Crippen LogP contribution is 2.39. The van der Waals surface area contributed by atoms with Crippen LogP contribution in [0.2, 0.25) is 10.2 Å². The van der Waals surface area contributed by atoms with E-state index >= 15 is 0 Å². The molecule has 0 spiro atoms. The van der Waals surface area contributed by atoms with Crippen molar-refractivity contribution in [3.63, 3.8) is 0 Å². The van der Waals surface area contributed by atoms with Crippen molar-refractivity contribution < 1.29 is 14.2 Å². The SMILES string of the molecule is CN=C(NCc1ccc(OC)c(OC)c1OC)NCc1cc(Cl)c(Cl)n1C.I. The van der Waals surface area contributed by atoms with E-state index in [0.29, 0.717) is 46.5 Å². The van der Waals surface area contributed by atoms with E-state index in [4.69, 9.17) is 37.4 Å². The fourth-order valence-corrected chi connectivity index (χ4v) is 3.05. The van der Waals surface area contributed by atoms with Crippen molar-refractivity contribution in [3.05, 3.63) is 39.6 Å². The van der Waals surface area contributed by atoms with Crippen molar-refractivity contribution in [2.24, 2.45) is 12.0 Å². The van der Waals surface area contributed by atoms with E-state index in [1.807, 2.05) is 29.8 Å². The fourth-order valence-electron chi connectivity index (χ4n) is 2.63. The van der Waals surface area contributed by atoms with Crippen molar-refractivity contribution in [2.45, 2.75) is 13.1 Å². The normalized spacial score (nSPS) is 10.9. The highest BCUT2D eigenvalue weighted by Gasteiger charge is 2.16. The first-order chi connectivity index (χ1) is 13.0. The number of guanidine groups is 1. The van der Waals surface area contributed by atoms with E-state index in [-0.39, 0.29) is 24.0 Å². The molecule has 0 atom stereocenters. The summed E-state index contributed by atoms with van der Waals surface area (Å²) in [5.74, 6) is 2.40. The molecule has 1 aromatic carbocycles. The molecule has 0 radical (unpaired) electrons. The Balaban J connectivity index is 0.00000392. The number of nitrogens with one attached hydrogen (secondary N) is 2. The monoisotopic (exact) mass is 542 g/mol. The van der Waals surface area contributed by atoms with Gasteiger partial charge in [0.05, 0.1) is 32.9 Å². The Bertz CT molecular complexity index is 828. The summed E-state index contributed by atoms with van der Waals surface area (Å²) in [6.45, 7) is 1.00. The van der Waals surface area contributed by atoms with Crippen LogP contribution in [0.5, 0.6) is 17.2 Å². The van der Waals surface area contributed by atoms with Gasteiger partial charge in [0.25, 0.3) is 0 Å². The van der Waals surface area contributed by atoms with Gasteiger partial charge in [-0.05, 0) is 18.2 Å². The molecule has 28 heavy (non-hydrogen) atoms. The Labute approximate surface area is 192 Å². The predicted molar refractivity (Wildman–Crippen MR) is 124 cm³/mol. The van der Waals surface area contributed by atoms with E-state index < -0.39 is 0 Å². The number of aliphatic imine (C=N–C) groups is 1. The second kappa shape index (κ2) is 11.5. The first-order valence-corrected chi connectivity index (χ1v) is 8.94. The fraction of sp³-hybridized carbons (Fsp3) is 0.389. The molecule has 7 nitrogen and oxygen atoms in total. The van der Waals surface area contributed by atoms with Gasteiger partial charge in [-0.3, -0.25) is 4.99 Å². The van der Waals surface area contributed by atoms with Crippen LogP contribution in [-0.4, -0.2) is 38.9 Å². The molecule has 0 unspecified atom stereocenters. The van der Waals surface area contributed by atoms with Gasteiger partial charge in [0.15, 0.2) is 17.5 Å². The number of halogens is 3. The summed E-state index contributed by atoms with van der Waals surface area (Å²) in [6, 6.07) is 5.57. The predicted octanol–water partition coefficient (Wildman–Crippen LogP) is 3.84. The number of hydrogen-bond donors (Lipinski definition) is 2. The average Bonchev–Trinajstić information content (AvgIpc) is 2.93. The van der Waals surface area contributed by atoms with Crippen molar-refractivity contribution in [2.75, 3.05) is 28.4 Å². The molecule has 0 saturated carbocycles. The molecule has 2 aromatic rings. The second-order valence-corrected chi connectivity index (χ2v) is 6.37. The Morgan fingerprint density at radius 3 is 2.18 bits per heavy atom. The zero-order valence-electron chi connectivity index (χ0n) is 16.4. The number of benzene rings is 1. The smallest absolute Gasteiger partial charge is 0.203 e. The average molecular weight is 543 g/mol. The van der Waals surface area contributed by atoms with E-state index in [1.165, 1.54) is 0 Å². The Kier molecular flexibility index (Phi) is 10.0. The lowest BCUT2D eigenvalue weighted by Crippen LogP contribution is -2.36. The standard InChI is InChI=1S/C18H24Cl2N4O3.HI/c1-21-18(23-10-12-8-13(19)17(20)24(12)2)22-9-11-6-7-14(25-3)16(27-5)15(11)26-4;/h6-8H,9-10H2,1-5H3,(H2,21,22,23);1H. The molecule has 0 fully saturated rings. The van der Waals surface area contributed by atoms with Crippen LogP contribution < -0.4 is 24.8 Å². The zero-order valence-corrected chi connectivity index (χ0v) is 20.3. The molecule has 0 amide bonds. The number of nitrogens with zero attached hydrogens (tertiary/aromatic N) is 2. The van der Waals surface area contributed by atoms with Gasteiger partial charge in [-0.2, -0.15) is 0 Å². The first kappa shape index (κ1) is 24.5. The Morgan fingerprint density at radius 2 is 1.68 bits per heavy atom. The first-order valence-electron chi connectivity index (χ1n) is 8.18. The molecular weight excluding hydrogens is 518 g/mol. The third kappa shape index (κ3) is 5.51. The molecule has 2 N–H and O–H groups in total. The van der Waals surface area contributed by atoms with Crippen LogP contribution in [0.15, 0.2) is 23.2 Å². The summed E-state index contributed by atoms with van der Waals surface area (Å²) in [5, 5.41) is 7.51. The van der Waals surface area contributed by atoms with Crippen molar-refractivity contribution in [1.82, 2.24) is 15.2 Å². The van der Waals surface area contributed by atoms with Crippen LogP contribution in [0.4, 0.5) is 0 Å². The topological polar surface area (TPSA) is 69.0 Å². The summed E-state index contributed by atoms with van der Waals surface area (Å²) in [6.07, 6.45) is 0. The van der Waals surface area contributed by atoms with Crippen molar-refractivity contribution in [1.29, 1.82) is 0 Å². The molecular formula is C18H25Cl2IN4O3. The van der Waals surface area contributed by atoms with Crippen molar-refractivity contribution in [3.8, 4) is 17.2 Å². The molecule has 0 bridgehead atoms. The van der Waals surface area contributed by atoms with Crippen LogP contribution in [0.1, 0.15) is 11.3 Å². The number of ether oxygens (including phenoxy) is 3. The summed E-state index contributed by atoms with van der Waals surface area (Å²) in [4.78, 5) is 4.23. The number of rotatable bonds is 7. The molecule has 0 aliphatic rings. The van der Waals surface area contributed by atoms with Crippen LogP contribution in [-0.2, 0) is 20.1 Å². The van der Waals surface area contributed by atoms with E-state index in [1.54, 1.807) is 28.4 Å². The lowest BCUT2D eigenvalue weighted by molar-refractivity contribution is 0.322. The Hall–Kier alpha value is -1.52. The molecule has 156 valence electrons. The van der Waals surface area contributed by atoms with Gasteiger partial charge in [0, 0.05) is 31.9 Å². The highest BCUT2D eigenvalue weighted by molar-refractivity contribution is 14.0. The second-order valence-electron chi connectivity index (χ2n) is 5.61. The molecule has 0 saturated heterocycles. The largest absolute Gasteiger partial charge is 0.493 e. The van der Waals surface area contributed by atoms with Crippen LogP contribution in [0.25, 0.3) is 0 Å². The van der Waals surface area contributed by atoms with Gasteiger partial charge in [-0.1, -0.05) is 23.2 Å². The van der Waals surface area contributed by atoms with Crippen LogP contribution in [0.3, 0.4) is 0 Å². The number of hydrogen-bond acceptors (Lipinski definition) is 4. The summed E-state index contributed by atoms with van der Waals surface area (Å²) >= 11 is 12.1. The summed E-state index contributed by atoms with van der Waals surface area (Å²) < 4.78 is 18.0. The number of methoxy groups -OCH3 is 3. The summed E-state index contributed by atoms with van der Waals surface area (Å²) in [5.41, 5.74) is 1.85. The van der Waals surface area contributed by atoms with Crippen molar-refractivity contribution >= 4 is 53.1 Å². The minimum Gasteiger partial charge on any atom is -0.493 e. The van der Waals surface area contributed by atoms with Gasteiger partial charge in [0.2, 0.25) is 5.75 Å². The lowest BCUT2D eigenvalue weighted by Gasteiger charge is -2.17. The van der Waals surface area contributed by atoms with Gasteiger partial charge in [-0.25, -0.2) is 0 Å². The maximum absolute atomic E-state index is 6.10. The van der Waals surface area contributed by atoms with E-state index in [9.17, 15) is 0 Å². The molecule has 10 heteroatoms. The van der Waals surface area contributed by atoms with Gasteiger partial charge in [0.1, 0.15) is 5.15 Å². The minimum absolute atomic E-state index is 0. The van der Waals surface area contributed by atoms with Gasteiger partial charge >= 0.3 is 0 Å². The summed E-state index contributed by atoms with van der Waals surface area (Å²) in [7, 11) is 8.32. The maximum atomic E-state index is 6.10. The number of aromatic nitrogens is 1. The molecule has 0 aliphatic heterocycles. The maximum Gasteiger partial charge on any atom is 0.203 e. The highest BCUT2D eigenvalue weighted by atomic mass is 127. The third-order valence-electron chi connectivity index (χ3n) is 4.11. The van der Waals surface area contributed by atoms with Gasteiger partial charge in [-0.15, -0.1) is 24.0 Å². The molecule has 0 aliphatic carbocycles. The zero-order chi connectivity index (χ0) is 20.0. The van der Waals surface area contributed by atoms with E-state index in [2.05, 4.69) is 15.6 Å². The molecule has 1 aromatic heterocycles. The quantitative estimate of drug-likeness (QED) is 0.316. The van der Waals surface area contributed by atoms with Crippen LogP contribution in [0, 0.1) is 0 Å². The lowest BCUT2D eigenvalue weighted by atomic mass is 10.1. The van der Waals surface area contributed by atoms with Gasteiger partial charge < -0.3 is 29.4 Å².